The molecule has 0 aliphatic carbocycles. The van der Waals surface area contributed by atoms with Gasteiger partial charge >= 0.3 is 0 Å². The summed E-state index contributed by atoms with van der Waals surface area (Å²) in [6.07, 6.45) is 0.266. The highest BCUT2D eigenvalue weighted by Crippen LogP contribution is 2.11. The minimum Gasteiger partial charge on any atom is -0.494 e. The molecule has 1 N–H and O–H groups in total. The van der Waals surface area contributed by atoms with Gasteiger partial charge in [-0.15, -0.1) is 0 Å². The molecule has 0 saturated heterocycles. The Bertz CT molecular complexity index is 298. The molecule has 17 heavy (non-hydrogen) atoms. The Labute approximate surface area is 104 Å². The second kappa shape index (κ2) is 8.09. The van der Waals surface area contributed by atoms with E-state index in [9.17, 15) is 0 Å². The van der Waals surface area contributed by atoms with Gasteiger partial charge in [-0.25, -0.2) is 0 Å². The van der Waals surface area contributed by atoms with Crippen molar-refractivity contribution in [2.45, 2.75) is 33.4 Å². The second-order valence-electron chi connectivity index (χ2n) is 3.97. The van der Waals surface area contributed by atoms with Crippen LogP contribution < -0.4 is 10.1 Å². The van der Waals surface area contributed by atoms with Crippen molar-refractivity contribution in [3.8, 4) is 5.75 Å². The lowest BCUT2D eigenvalue weighted by molar-refractivity contribution is 0.0759. The molecule has 0 aliphatic heterocycles. The average Bonchev–Trinajstić information content (AvgIpc) is 2.32. The molecular weight excluding hydrogens is 214 g/mol. The van der Waals surface area contributed by atoms with Crippen LogP contribution in [0.4, 0.5) is 0 Å². The van der Waals surface area contributed by atoms with Crippen molar-refractivity contribution in [1.82, 2.24) is 5.32 Å². The van der Waals surface area contributed by atoms with Crippen molar-refractivity contribution in [2.75, 3.05) is 19.8 Å². The van der Waals surface area contributed by atoms with Crippen molar-refractivity contribution in [1.29, 1.82) is 0 Å². The quantitative estimate of drug-likeness (QED) is 0.754. The summed E-state index contributed by atoms with van der Waals surface area (Å²) in [4.78, 5) is 0. The summed E-state index contributed by atoms with van der Waals surface area (Å²) in [6.45, 7) is 9.31. The Morgan fingerprint density at radius 3 is 2.41 bits per heavy atom. The molecule has 3 heteroatoms. The van der Waals surface area contributed by atoms with Gasteiger partial charge in [0.15, 0.2) is 0 Å². The maximum Gasteiger partial charge on any atom is 0.119 e. The summed E-state index contributed by atoms with van der Waals surface area (Å²) < 4.78 is 10.8. The van der Waals surface area contributed by atoms with Gasteiger partial charge in [-0.1, -0.05) is 12.1 Å². The highest BCUT2D eigenvalue weighted by atomic mass is 16.5. The van der Waals surface area contributed by atoms with Gasteiger partial charge in [0.25, 0.3) is 0 Å². The van der Waals surface area contributed by atoms with Gasteiger partial charge in [-0.3, -0.25) is 0 Å². The number of hydrogen-bond donors (Lipinski definition) is 1. The summed E-state index contributed by atoms with van der Waals surface area (Å²) in [5.74, 6) is 0.930. The molecule has 0 radical (unpaired) electrons. The summed E-state index contributed by atoms with van der Waals surface area (Å²) in [7, 11) is 0. The van der Waals surface area contributed by atoms with Crippen LogP contribution in [0.1, 0.15) is 26.3 Å². The number of ether oxygens (including phenoxy) is 2. The topological polar surface area (TPSA) is 30.5 Å². The second-order valence-corrected chi connectivity index (χ2v) is 3.97. The molecule has 1 rings (SSSR count). The molecule has 0 aromatic heterocycles. The Morgan fingerprint density at radius 1 is 1.12 bits per heavy atom. The van der Waals surface area contributed by atoms with Crippen molar-refractivity contribution in [3.05, 3.63) is 29.8 Å². The maximum atomic E-state index is 5.45. The fraction of sp³-hybridized carbons (Fsp3) is 0.571. The standard InChI is InChI=1S/C14H23NO2/c1-4-16-12(3)10-15-11-13-6-8-14(9-7-13)17-5-2/h6-9,12,15H,4-5,10-11H2,1-3H3. The van der Waals surface area contributed by atoms with E-state index in [0.29, 0.717) is 6.61 Å². The van der Waals surface area contributed by atoms with Gasteiger partial charge in [-0.05, 0) is 38.5 Å². The van der Waals surface area contributed by atoms with Crippen molar-refractivity contribution < 1.29 is 9.47 Å². The van der Waals surface area contributed by atoms with E-state index >= 15 is 0 Å². The van der Waals surface area contributed by atoms with Crippen LogP contribution in [0.5, 0.6) is 5.75 Å². The molecule has 1 aromatic carbocycles. The Morgan fingerprint density at radius 2 is 1.82 bits per heavy atom. The molecule has 3 nitrogen and oxygen atoms in total. The predicted molar refractivity (Wildman–Crippen MR) is 70.4 cm³/mol. The number of rotatable bonds is 8. The van der Waals surface area contributed by atoms with Crippen molar-refractivity contribution >= 4 is 0 Å². The molecule has 0 spiro atoms. The van der Waals surface area contributed by atoms with Gasteiger partial charge in [0.2, 0.25) is 0 Å². The molecule has 0 bridgehead atoms. The Balaban J connectivity index is 2.27. The normalized spacial score (nSPS) is 12.4. The number of benzene rings is 1. The largest absolute Gasteiger partial charge is 0.494 e. The van der Waals surface area contributed by atoms with E-state index in [-0.39, 0.29) is 6.10 Å². The first-order valence-corrected chi connectivity index (χ1v) is 6.30. The minimum absolute atomic E-state index is 0.266. The third-order valence-corrected chi connectivity index (χ3v) is 2.45. The SMILES string of the molecule is CCOc1ccc(CNCC(C)OCC)cc1. The fourth-order valence-corrected chi connectivity index (χ4v) is 1.63. The Kier molecular flexibility index (Phi) is 6.67. The highest BCUT2D eigenvalue weighted by molar-refractivity contribution is 5.27. The number of nitrogens with one attached hydrogen (secondary N) is 1. The average molecular weight is 237 g/mol. The summed E-state index contributed by atoms with van der Waals surface area (Å²) in [6, 6.07) is 8.19. The Hall–Kier alpha value is -1.06. The van der Waals surface area contributed by atoms with Gasteiger partial charge in [0.05, 0.1) is 12.7 Å². The molecular formula is C14H23NO2. The zero-order valence-electron chi connectivity index (χ0n) is 11.0. The van der Waals surface area contributed by atoms with Crippen LogP contribution >= 0.6 is 0 Å². The van der Waals surface area contributed by atoms with E-state index in [0.717, 1.165) is 25.4 Å². The highest BCUT2D eigenvalue weighted by Gasteiger charge is 2.00. The molecule has 1 atom stereocenters. The fourth-order valence-electron chi connectivity index (χ4n) is 1.63. The van der Waals surface area contributed by atoms with E-state index in [1.54, 1.807) is 0 Å². The molecule has 96 valence electrons. The third kappa shape index (κ3) is 5.71. The lowest BCUT2D eigenvalue weighted by atomic mass is 10.2. The number of hydrogen-bond acceptors (Lipinski definition) is 3. The van der Waals surface area contributed by atoms with Crippen LogP contribution in [0.15, 0.2) is 24.3 Å². The molecule has 0 saturated carbocycles. The third-order valence-electron chi connectivity index (χ3n) is 2.45. The first-order chi connectivity index (χ1) is 8.26. The maximum absolute atomic E-state index is 5.45. The van der Waals surface area contributed by atoms with Crippen LogP contribution in [-0.4, -0.2) is 25.9 Å². The van der Waals surface area contributed by atoms with Crippen LogP contribution in [0, 0.1) is 0 Å². The van der Waals surface area contributed by atoms with E-state index in [1.807, 2.05) is 26.0 Å². The lowest BCUT2D eigenvalue weighted by Crippen LogP contribution is -2.26. The van der Waals surface area contributed by atoms with Gasteiger partial charge in [-0.2, -0.15) is 0 Å². The minimum atomic E-state index is 0.266. The van der Waals surface area contributed by atoms with E-state index in [1.165, 1.54) is 5.56 Å². The monoisotopic (exact) mass is 237 g/mol. The lowest BCUT2D eigenvalue weighted by Gasteiger charge is -2.12. The van der Waals surface area contributed by atoms with Gasteiger partial charge in [0.1, 0.15) is 5.75 Å². The van der Waals surface area contributed by atoms with E-state index in [2.05, 4.69) is 24.4 Å². The van der Waals surface area contributed by atoms with Gasteiger partial charge in [0, 0.05) is 19.7 Å². The zero-order valence-corrected chi connectivity index (χ0v) is 11.0. The first-order valence-electron chi connectivity index (χ1n) is 6.30. The van der Waals surface area contributed by atoms with Crippen molar-refractivity contribution in [3.63, 3.8) is 0 Å². The van der Waals surface area contributed by atoms with E-state index < -0.39 is 0 Å². The first kappa shape index (κ1) is 14.0. The molecule has 0 heterocycles. The van der Waals surface area contributed by atoms with Crippen molar-refractivity contribution in [2.24, 2.45) is 0 Å². The molecule has 1 unspecified atom stereocenters. The predicted octanol–water partition coefficient (Wildman–Crippen LogP) is 2.60. The van der Waals surface area contributed by atoms with E-state index in [4.69, 9.17) is 9.47 Å². The summed E-state index contributed by atoms with van der Waals surface area (Å²) >= 11 is 0. The smallest absolute Gasteiger partial charge is 0.119 e. The molecule has 0 fully saturated rings. The molecule has 1 aromatic rings. The van der Waals surface area contributed by atoms with Gasteiger partial charge < -0.3 is 14.8 Å². The van der Waals surface area contributed by atoms with Crippen LogP contribution in [0.25, 0.3) is 0 Å². The summed E-state index contributed by atoms with van der Waals surface area (Å²) in [5, 5.41) is 3.37. The zero-order chi connectivity index (χ0) is 12.5. The summed E-state index contributed by atoms with van der Waals surface area (Å²) in [5.41, 5.74) is 1.26. The van der Waals surface area contributed by atoms with Crippen LogP contribution in [0.3, 0.4) is 0 Å². The van der Waals surface area contributed by atoms with Crippen LogP contribution in [0.2, 0.25) is 0 Å². The molecule has 0 aliphatic rings. The molecule has 0 amide bonds. The van der Waals surface area contributed by atoms with Crippen LogP contribution in [-0.2, 0) is 11.3 Å².